The molecule has 0 spiro atoms. The normalized spacial score (nSPS) is 13.2. The Morgan fingerprint density at radius 1 is 1.29 bits per heavy atom. The van der Waals surface area contributed by atoms with Gasteiger partial charge in [-0.05, 0) is 19.5 Å². The third-order valence-electron chi connectivity index (χ3n) is 3.03. The summed E-state index contributed by atoms with van der Waals surface area (Å²) < 4.78 is 46.8. The highest BCUT2D eigenvalue weighted by atomic mass is 19.4. The Labute approximate surface area is 123 Å². The van der Waals surface area contributed by atoms with E-state index >= 15 is 0 Å². The molecule has 0 saturated carbocycles. The molecule has 0 aliphatic carbocycles. The molecule has 1 atom stereocenters. The van der Waals surface area contributed by atoms with Crippen LogP contribution in [0.5, 0.6) is 5.75 Å². The molecule has 1 N–H and O–H groups in total. The van der Waals surface area contributed by atoms with E-state index in [0.29, 0.717) is 12.3 Å². The second kappa shape index (κ2) is 8.24. The van der Waals surface area contributed by atoms with Gasteiger partial charge >= 0.3 is 6.18 Å². The minimum atomic E-state index is -4.19. The summed E-state index contributed by atoms with van der Waals surface area (Å²) in [5.74, 6) is 0.700. The van der Waals surface area contributed by atoms with Crippen LogP contribution in [-0.2, 0) is 4.74 Å². The lowest BCUT2D eigenvalue weighted by Gasteiger charge is -2.21. The fraction of sp³-hybridized carbons (Fsp3) is 0.600. The molecular formula is C15H22F3NO2. The number of benzene rings is 1. The first kappa shape index (κ1) is 17.8. The van der Waals surface area contributed by atoms with Crippen LogP contribution in [0.1, 0.15) is 30.5 Å². The average molecular weight is 305 g/mol. The summed E-state index contributed by atoms with van der Waals surface area (Å²) in [4.78, 5) is 0. The van der Waals surface area contributed by atoms with Gasteiger partial charge in [0.2, 0.25) is 0 Å². The van der Waals surface area contributed by atoms with Crippen molar-refractivity contribution in [3.05, 3.63) is 29.3 Å². The van der Waals surface area contributed by atoms with Crippen molar-refractivity contribution >= 4 is 0 Å². The first-order valence-electron chi connectivity index (χ1n) is 6.89. The number of methoxy groups -OCH3 is 1. The quantitative estimate of drug-likeness (QED) is 0.744. The molecule has 1 unspecified atom stereocenters. The predicted octanol–water partition coefficient (Wildman–Crippen LogP) is 3.62. The summed E-state index contributed by atoms with van der Waals surface area (Å²) in [6.07, 6.45) is -5.12. The monoisotopic (exact) mass is 305 g/mol. The van der Waals surface area contributed by atoms with E-state index in [1.54, 1.807) is 7.11 Å². The third-order valence-corrected chi connectivity index (χ3v) is 3.03. The number of halogens is 3. The molecule has 0 aromatic heterocycles. The molecule has 1 rings (SSSR count). The number of aryl methyl sites for hydroxylation is 1. The number of likely N-dealkylation sites (N-methyl/N-ethyl adjacent to an activating group) is 1. The molecule has 0 fully saturated rings. The summed E-state index contributed by atoms with van der Waals surface area (Å²) in [6, 6.07) is 5.54. The van der Waals surface area contributed by atoms with Crippen molar-refractivity contribution in [3.63, 3.8) is 0 Å². The minimum absolute atomic E-state index is 0.170. The van der Waals surface area contributed by atoms with Crippen molar-refractivity contribution in [2.24, 2.45) is 0 Å². The van der Waals surface area contributed by atoms with Crippen LogP contribution in [-0.4, -0.2) is 33.0 Å². The summed E-state index contributed by atoms with van der Waals surface area (Å²) in [6.45, 7) is 4.41. The van der Waals surface area contributed by atoms with E-state index in [4.69, 9.17) is 9.47 Å². The molecule has 0 amide bonds. The molecule has 0 aliphatic heterocycles. The zero-order valence-corrected chi connectivity index (χ0v) is 12.6. The minimum Gasteiger partial charge on any atom is -0.496 e. The van der Waals surface area contributed by atoms with Crippen LogP contribution in [0.25, 0.3) is 0 Å². The van der Waals surface area contributed by atoms with Crippen LogP contribution in [0, 0.1) is 6.92 Å². The van der Waals surface area contributed by atoms with Gasteiger partial charge in [0.15, 0.2) is 0 Å². The number of alkyl halides is 3. The van der Waals surface area contributed by atoms with Crippen LogP contribution in [0.2, 0.25) is 0 Å². The van der Waals surface area contributed by atoms with E-state index in [-0.39, 0.29) is 19.3 Å². The SMILES string of the molecule is CCNC(COCCC(F)(F)F)c1cc(C)ccc1OC. The molecule has 0 radical (unpaired) electrons. The maximum absolute atomic E-state index is 12.1. The summed E-state index contributed by atoms with van der Waals surface area (Å²) in [5, 5.41) is 3.21. The van der Waals surface area contributed by atoms with E-state index in [1.807, 2.05) is 32.0 Å². The molecule has 1 aromatic rings. The fourth-order valence-corrected chi connectivity index (χ4v) is 2.02. The number of hydrogen-bond donors (Lipinski definition) is 1. The van der Waals surface area contributed by atoms with Gasteiger partial charge in [-0.2, -0.15) is 13.2 Å². The Balaban J connectivity index is 2.70. The Morgan fingerprint density at radius 3 is 2.57 bits per heavy atom. The third kappa shape index (κ3) is 6.35. The topological polar surface area (TPSA) is 30.5 Å². The summed E-state index contributed by atoms with van der Waals surface area (Å²) >= 11 is 0. The van der Waals surface area contributed by atoms with Crippen molar-refractivity contribution in [2.45, 2.75) is 32.5 Å². The largest absolute Gasteiger partial charge is 0.496 e. The number of ether oxygens (including phenoxy) is 2. The van der Waals surface area contributed by atoms with Gasteiger partial charge < -0.3 is 14.8 Å². The molecule has 6 heteroatoms. The van der Waals surface area contributed by atoms with Gasteiger partial charge in [-0.25, -0.2) is 0 Å². The van der Waals surface area contributed by atoms with Gasteiger partial charge in [0.1, 0.15) is 5.75 Å². The zero-order chi connectivity index (χ0) is 15.9. The first-order chi connectivity index (χ1) is 9.87. The average Bonchev–Trinajstić information content (AvgIpc) is 2.41. The van der Waals surface area contributed by atoms with Crippen LogP contribution >= 0.6 is 0 Å². The van der Waals surface area contributed by atoms with Crippen LogP contribution in [0.15, 0.2) is 18.2 Å². The van der Waals surface area contributed by atoms with E-state index < -0.39 is 12.6 Å². The van der Waals surface area contributed by atoms with Crippen LogP contribution in [0.4, 0.5) is 13.2 Å². The van der Waals surface area contributed by atoms with E-state index in [2.05, 4.69) is 5.32 Å². The molecule has 1 aromatic carbocycles. The smallest absolute Gasteiger partial charge is 0.391 e. The molecule has 120 valence electrons. The van der Waals surface area contributed by atoms with Crippen LogP contribution in [0.3, 0.4) is 0 Å². The molecule has 0 saturated heterocycles. The Bertz CT molecular complexity index is 435. The first-order valence-corrected chi connectivity index (χ1v) is 6.89. The molecule has 3 nitrogen and oxygen atoms in total. The summed E-state index contributed by atoms with van der Waals surface area (Å²) in [5.41, 5.74) is 1.95. The van der Waals surface area contributed by atoms with E-state index in [1.165, 1.54) is 0 Å². The maximum Gasteiger partial charge on any atom is 0.391 e. The highest BCUT2D eigenvalue weighted by Gasteiger charge is 2.26. The number of nitrogens with one attached hydrogen (secondary N) is 1. The summed E-state index contributed by atoms with van der Waals surface area (Å²) in [7, 11) is 1.57. The van der Waals surface area contributed by atoms with Gasteiger partial charge in [0, 0.05) is 5.56 Å². The van der Waals surface area contributed by atoms with Crippen LogP contribution < -0.4 is 10.1 Å². The maximum atomic E-state index is 12.1. The molecular weight excluding hydrogens is 283 g/mol. The Morgan fingerprint density at radius 2 is 2.00 bits per heavy atom. The highest BCUT2D eigenvalue weighted by molar-refractivity contribution is 5.39. The van der Waals surface area contributed by atoms with Crippen molar-refractivity contribution in [1.29, 1.82) is 0 Å². The Kier molecular flexibility index (Phi) is 6.98. The second-order valence-electron chi connectivity index (χ2n) is 4.80. The molecule has 0 aliphatic rings. The van der Waals surface area contributed by atoms with Gasteiger partial charge in [-0.15, -0.1) is 0 Å². The highest BCUT2D eigenvalue weighted by Crippen LogP contribution is 2.27. The lowest BCUT2D eigenvalue weighted by Crippen LogP contribution is -2.26. The van der Waals surface area contributed by atoms with Crippen molar-refractivity contribution < 1.29 is 22.6 Å². The van der Waals surface area contributed by atoms with Gasteiger partial charge in [-0.3, -0.25) is 0 Å². The van der Waals surface area contributed by atoms with Gasteiger partial charge in [0.25, 0.3) is 0 Å². The zero-order valence-electron chi connectivity index (χ0n) is 12.6. The van der Waals surface area contributed by atoms with Crippen molar-refractivity contribution in [3.8, 4) is 5.75 Å². The molecule has 21 heavy (non-hydrogen) atoms. The fourth-order valence-electron chi connectivity index (χ4n) is 2.02. The van der Waals surface area contributed by atoms with Crippen molar-refractivity contribution in [1.82, 2.24) is 5.32 Å². The van der Waals surface area contributed by atoms with E-state index in [9.17, 15) is 13.2 Å². The predicted molar refractivity (Wildman–Crippen MR) is 75.6 cm³/mol. The molecule has 0 bridgehead atoms. The standard InChI is InChI=1S/C15H22F3NO2/c1-4-19-13(10-21-8-7-15(16,17)18)12-9-11(2)5-6-14(12)20-3/h5-6,9,13,19H,4,7-8,10H2,1-3H3. The second-order valence-corrected chi connectivity index (χ2v) is 4.80. The van der Waals surface area contributed by atoms with Gasteiger partial charge in [-0.1, -0.05) is 24.6 Å². The van der Waals surface area contributed by atoms with E-state index in [0.717, 1.165) is 11.1 Å². The molecule has 0 heterocycles. The lowest BCUT2D eigenvalue weighted by molar-refractivity contribution is -0.145. The number of rotatable bonds is 8. The number of hydrogen-bond acceptors (Lipinski definition) is 3. The Hall–Kier alpha value is -1.27. The lowest BCUT2D eigenvalue weighted by atomic mass is 10.0. The van der Waals surface area contributed by atoms with Gasteiger partial charge in [0.05, 0.1) is 32.8 Å². The van der Waals surface area contributed by atoms with Crippen molar-refractivity contribution in [2.75, 3.05) is 26.9 Å².